The number of rotatable bonds is 4. The Morgan fingerprint density at radius 2 is 2.17 bits per heavy atom. The Labute approximate surface area is 107 Å². The van der Waals surface area contributed by atoms with Crippen molar-refractivity contribution in [3.05, 3.63) is 52.7 Å². The number of carbonyl (C=O) groups is 1. The lowest BCUT2D eigenvalue weighted by atomic mass is 10.3. The van der Waals surface area contributed by atoms with Crippen LogP contribution in [0.4, 0.5) is 10.1 Å². The summed E-state index contributed by atoms with van der Waals surface area (Å²) in [5.41, 5.74) is 0.533. The molecule has 18 heavy (non-hydrogen) atoms. The van der Waals surface area contributed by atoms with Crippen LogP contribution in [0.1, 0.15) is 16.3 Å². The number of anilines is 1. The summed E-state index contributed by atoms with van der Waals surface area (Å²) in [4.78, 5) is 10.6. The zero-order chi connectivity index (χ0) is 13.1. The molecule has 0 aliphatic heterocycles. The molecule has 0 amide bonds. The first kappa shape index (κ1) is 12.4. The van der Waals surface area contributed by atoms with Crippen molar-refractivity contribution < 1.29 is 18.7 Å². The molecule has 94 valence electrons. The molecule has 1 aromatic heterocycles. The van der Waals surface area contributed by atoms with Gasteiger partial charge in [-0.3, -0.25) is 0 Å². The molecule has 1 heterocycles. The van der Waals surface area contributed by atoms with Crippen LogP contribution in [0.5, 0.6) is 0 Å². The van der Waals surface area contributed by atoms with Gasteiger partial charge >= 0.3 is 5.97 Å². The third-order valence-corrected chi connectivity index (χ3v) is 2.57. The molecule has 0 fully saturated rings. The van der Waals surface area contributed by atoms with Crippen LogP contribution < -0.4 is 5.32 Å². The maximum Gasteiger partial charge on any atom is 0.371 e. The van der Waals surface area contributed by atoms with E-state index in [4.69, 9.17) is 21.1 Å². The molecular formula is C12H9ClFNO3. The van der Waals surface area contributed by atoms with E-state index < -0.39 is 11.8 Å². The van der Waals surface area contributed by atoms with E-state index in [9.17, 15) is 9.18 Å². The van der Waals surface area contributed by atoms with E-state index in [0.29, 0.717) is 11.4 Å². The molecular weight excluding hydrogens is 261 g/mol. The Hall–Kier alpha value is -2.01. The molecule has 0 saturated carbocycles. The van der Waals surface area contributed by atoms with Crippen molar-refractivity contribution in [2.24, 2.45) is 0 Å². The number of aromatic carboxylic acids is 1. The van der Waals surface area contributed by atoms with Gasteiger partial charge in [-0.1, -0.05) is 11.6 Å². The summed E-state index contributed by atoms with van der Waals surface area (Å²) in [6.45, 7) is 0.258. The van der Waals surface area contributed by atoms with Gasteiger partial charge in [-0.15, -0.1) is 0 Å². The van der Waals surface area contributed by atoms with Gasteiger partial charge in [0.05, 0.1) is 11.6 Å². The quantitative estimate of drug-likeness (QED) is 0.893. The smallest absolute Gasteiger partial charge is 0.371 e. The predicted octanol–water partition coefficient (Wildman–Crippen LogP) is 3.38. The van der Waals surface area contributed by atoms with Gasteiger partial charge in [0.15, 0.2) is 0 Å². The Morgan fingerprint density at radius 1 is 1.39 bits per heavy atom. The second-order valence-electron chi connectivity index (χ2n) is 3.55. The fraction of sp³-hybridized carbons (Fsp3) is 0.0833. The van der Waals surface area contributed by atoms with E-state index in [1.807, 2.05) is 0 Å². The van der Waals surface area contributed by atoms with Crippen molar-refractivity contribution in [1.29, 1.82) is 0 Å². The number of hydrogen-bond acceptors (Lipinski definition) is 3. The Bertz CT molecular complexity index is 582. The highest BCUT2D eigenvalue weighted by Gasteiger charge is 2.08. The maximum absolute atomic E-state index is 13.1. The molecule has 6 heteroatoms. The average Bonchev–Trinajstić information content (AvgIpc) is 2.79. The third-order valence-electron chi connectivity index (χ3n) is 2.26. The number of benzene rings is 1. The number of nitrogens with one attached hydrogen (secondary N) is 1. The third kappa shape index (κ3) is 2.81. The zero-order valence-electron chi connectivity index (χ0n) is 9.11. The van der Waals surface area contributed by atoms with Crippen LogP contribution in [0.25, 0.3) is 0 Å². The molecule has 0 radical (unpaired) electrons. The molecule has 1 aromatic carbocycles. The monoisotopic (exact) mass is 269 g/mol. The van der Waals surface area contributed by atoms with Gasteiger partial charge in [0.2, 0.25) is 5.76 Å². The summed E-state index contributed by atoms with van der Waals surface area (Å²) in [5, 5.41) is 11.6. The van der Waals surface area contributed by atoms with E-state index in [1.165, 1.54) is 18.2 Å². The minimum absolute atomic E-state index is 0.0479. The molecule has 0 unspecified atom stereocenters. The van der Waals surface area contributed by atoms with Crippen LogP contribution in [0.2, 0.25) is 5.02 Å². The molecule has 0 aliphatic rings. The first-order valence-electron chi connectivity index (χ1n) is 5.07. The largest absolute Gasteiger partial charge is 0.475 e. The minimum Gasteiger partial charge on any atom is -0.475 e. The fourth-order valence-electron chi connectivity index (χ4n) is 1.38. The lowest BCUT2D eigenvalue weighted by Gasteiger charge is -2.04. The number of furan rings is 1. The molecule has 2 aromatic rings. The van der Waals surface area contributed by atoms with Crippen molar-refractivity contribution in [2.45, 2.75) is 6.54 Å². The standard InChI is InChI=1S/C12H9ClFNO3/c13-9-3-1-7(5-10(9)14)15-6-8-2-4-11(18-8)12(16)17/h1-5,15H,6H2,(H,16,17). The number of carboxylic acid groups (broad SMARTS) is 1. The fourth-order valence-corrected chi connectivity index (χ4v) is 1.50. The van der Waals surface area contributed by atoms with Crippen molar-refractivity contribution in [1.82, 2.24) is 0 Å². The van der Waals surface area contributed by atoms with Crippen LogP contribution in [-0.4, -0.2) is 11.1 Å². The average molecular weight is 270 g/mol. The van der Waals surface area contributed by atoms with Crippen molar-refractivity contribution in [3.63, 3.8) is 0 Å². The van der Waals surface area contributed by atoms with Crippen LogP contribution in [0.3, 0.4) is 0 Å². The molecule has 0 atom stereocenters. The van der Waals surface area contributed by atoms with E-state index in [2.05, 4.69) is 5.32 Å². The summed E-state index contributed by atoms with van der Waals surface area (Å²) < 4.78 is 18.2. The summed E-state index contributed by atoms with van der Waals surface area (Å²) in [6, 6.07) is 7.21. The van der Waals surface area contributed by atoms with Gasteiger partial charge in [0, 0.05) is 5.69 Å². The number of hydrogen-bond donors (Lipinski definition) is 2. The SMILES string of the molecule is O=C(O)c1ccc(CNc2ccc(Cl)c(F)c2)o1. The highest BCUT2D eigenvalue weighted by molar-refractivity contribution is 6.30. The normalized spacial score (nSPS) is 10.3. The summed E-state index contributed by atoms with van der Waals surface area (Å²) in [7, 11) is 0. The van der Waals surface area contributed by atoms with E-state index in [0.717, 1.165) is 0 Å². The van der Waals surface area contributed by atoms with Gasteiger partial charge in [-0.2, -0.15) is 0 Å². The van der Waals surface area contributed by atoms with E-state index >= 15 is 0 Å². The van der Waals surface area contributed by atoms with Crippen LogP contribution in [-0.2, 0) is 6.54 Å². The van der Waals surface area contributed by atoms with Crippen molar-refractivity contribution in [3.8, 4) is 0 Å². The highest BCUT2D eigenvalue weighted by atomic mass is 35.5. The molecule has 0 bridgehead atoms. The van der Waals surface area contributed by atoms with Gasteiger partial charge in [-0.25, -0.2) is 9.18 Å². The van der Waals surface area contributed by atoms with Gasteiger partial charge < -0.3 is 14.8 Å². The Balaban J connectivity index is 2.02. The summed E-state index contributed by atoms with van der Waals surface area (Å²) in [5.74, 6) is -1.33. The lowest BCUT2D eigenvalue weighted by molar-refractivity contribution is 0.0660. The maximum atomic E-state index is 13.1. The number of halogens is 2. The highest BCUT2D eigenvalue weighted by Crippen LogP contribution is 2.19. The molecule has 0 saturated heterocycles. The molecule has 0 spiro atoms. The molecule has 0 aliphatic carbocycles. The Morgan fingerprint density at radius 3 is 2.78 bits per heavy atom. The zero-order valence-corrected chi connectivity index (χ0v) is 9.87. The minimum atomic E-state index is -1.13. The van der Waals surface area contributed by atoms with Crippen LogP contribution in [0, 0.1) is 5.82 Å². The van der Waals surface area contributed by atoms with Crippen LogP contribution in [0.15, 0.2) is 34.7 Å². The predicted molar refractivity (Wildman–Crippen MR) is 64.4 cm³/mol. The van der Waals surface area contributed by atoms with Gasteiger partial charge in [0.1, 0.15) is 11.6 Å². The van der Waals surface area contributed by atoms with Gasteiger partial charge in [0.25, 0.3) is 0 Å². The number of carboxylic acids is 1. The lowest BCUT2D eigenvalue weighted by Crippen LogP contribution is -1.99. The van der Waals surface area contributed by atoms with Crippen LogP contribution >= 0.6 is 11.6 Å². The van der Waals surface area contributed by atoms with Crippen molar-refractivity contribution in [2.75, 3.05) is 5.32 Å². The summed E-state index contributed by atoms with van der Waals surface area (Å²) in [6.07, 6.45) is 0. The second kappa shape index (κ2) is 5.10. The summed E-state index contributed by atoms with van der Waals surface area (Å²) >= 11 is 5.55. The van der Waals surface area contributed by atoms with Gasteiger partial charge in [-0.05, 0) is 30.3 Å². The Kier molecular flexibility index (Phi) is 3.53. The second-order valence-corrected chi connectivity index (χ2v) is 3.96. The molecule has 4 nitrogen and oxygen atoms in total. The first-order valence-corrected chi connectivity index (χ1v) is 5.45. The van der Waals surface area contributed by atoms with E-state index in [-0.39, 0.29) is 17.3 Å². The molecule has 2 N–H and O–H groups in total. The van der Waals surface area contributed by atoms with Crippen molar-refractivity contribution >= 4 is 23.3 Å². The molecule has 2 rings (SSSR count). The topological polar surface area (TPSA) is 62.5 Å². The van der Waals surface area contributed by atoms with E-state index in [1.54, 1.807) is 12.1 Å². The first-order chi connectivity index (χ1) is 8.56.